The van der Waals surface area contributed by atoms with Crippen molar-refractivity contribution >= 4 is 25.6 Å². The normalized spacial score (nSPS) is 15.6. The van der Waals surface area contributed by atoms with E-state index in [1.165, 1.54) is 12.1 Å². The van der Waals surface area contributed by atoms with Gasteiger partial charge in [-0.1, -0.05) is 12.1 Å². The summed E-state index contributed by atoms with van der Waals surface area (Å²) in [6.07, 6.45) is 2.36. The number of carbonyl (C=O) groups excluding carboxylic acids is 1. The first kappa shape index (κ1) is 12.4. The van der Waals surface area contributed by atoms with E-state index in [1.807, 2.05) is 0 Å². The first-order valence-corrected chi connectivity index (χ1v) is 7.59. The second-order valence-corrected chi connectivity index (χ2v) is 6.67. The molecule has 0 aromatic heterocycles. The van der Waals surface area contributed by atoms with Gasteiger partial charge in [0, 0.05) is 16.7 Å². The number of carbonyl (C=O) groups is 1. The van der Waals surface area contributed by atoms with Crippen molar-refractivity contribution in [2.75, 3.05) is 0 Å². The SMILES string of the molecule is O=C(Cc1ccc(S(=O)(=O)Cl)cc1)NC1CC1. The lowest BCUT2D eigenvalue weighted by Crippen LogP contribution is -2.26. The van der Waals surface area contributed by atoms with E-state index in [-0.39, 0.29) is 17.2 Å². The monoisotopic (exact) mass is 273 g/mol. The predicted octanol–water partition coefficient (Wildman–Crippen LogP) is 1.44. The molecule has 2 rings (SSSR count). The molecule has 0 aliphatic heterocycles. The van der Waals surface area contributed by atoms with Crippen molar-refractivity contribution in [2.45, 2.75) is 30.2 Å². The molecule has 1 fully saturated rings. The van der Waals surface area contributed by atoms with Gasteiger partial charge in [-0.25, -0.2) is 8.42 Å². The van der Waals surface area contributed by atoms with E-state index in [1.54, 1.807) is 12.1 Å². The summed E-state index contributed by atoms with van der Waals surface area (Å²) in [5.41, 5.74) is 0.771. The molecule has 1 aromatic carbocycles. The Labute approximate surface area is 104 Å². The molecule has 0 saturated heterocycles. The minimum atomic E-state index is -3.69. The standard InChI is InChI=1S/C11H12ClNO3S/c12-17(15,16)10-5-1-8(2-6-10)7-11(14)13-9-3-4-9/h1-2,5-6,9H,3-4,7H2,(H,13,14). The van der Waals surface area contributed by atoms with Gasteiger partial charge in [0.25, 0.3) is 9.05 Å². The Kier molecular flexibility index (Phi) is 3.40. The van der Waals surface area contributed by atoms with Crippen LogP contribution < -0.4 is 5.32 Å². The van der Waals surface area contributed by atoms with Crippen LogP contribution in [-0.2, 0) is 20.3 Å². The summed E-state index contributed by atoms with van der Waals surface area (Å²) in [4.78, 5) is 11.5. The second kappa shape index (κ2) is 4.66. The van der Waals surface area contributed by atoms with Gasteiger partial charge in [0.2, 0.25) is 5.91 Å². The molecule has 0 heterocycles. The van der Waals surface area contributed by atoms with Crippen LogP contribution in [0.4, 0.5) is 0 Å². The third kappa shape index (κ3) is 3.71. The van der Waals surface area contributed by atoms with Crippen molar-refractivity contribution < 1.29 is 13.2 Å². The van der Waals surface area contributed by atoms with Crippen molar-refractivity contribution in [3.63, 3.8) is 0 Å². The van der Waals surface area contributed by atoms with Gasteiger partial charge >= 0.3 is 0 Å². The second-order valence-electron chi connectivity index (χ2n) is 4.10. The van der Waals surface area contributed by atoms with Crippen LogP contribution in [0.2, 0.25) is 0 Å². The Morgan fingerprint density at radius 2 is 1.88 bits per heavy atom. The summed E-state index contributed by atoms with van der Waals surface area (Å²) in [6.45, 7) is 0. The average Bonchev–Trinajstić information content (AvgIpc) is 3.01. The van der Waals surface area contributed by atoms with Gasteiger partial charge in [-0.3, -0.25) is 4.79 Å². The number of benzene rings is 1. The van der Waals surface area contributed by atoms with Gasteiger partial charge in [0.15, 0.2) is 0 Å². The highest BCUT2D eigenvalue weighted by Crippen LogP contribution is 2.19. The van der Waals surface area contributed by atoms with Crippen molar-refractivity contribution in [1.82, 2.24) is 5.32 Å². The molecule has 1 aliphatic rings. The van der Waals surface area contributed by atoms with Gasteiger partial charge in [0.1, 0.15) is 0 Å². The summed E-state index contributed by atoms with van der Waals surface area (Å²) in [5.74, 6) is -0.0334. The first-order valence-electron chi connectivity index (χ1n) is 5.28. The van der Waals surface area contributed by atoms with Crippen LogP contribution in [0, 0.1) is 0 Å². The van der Waals surface area contributed by atoms with Gasteiger partial charge in [-0.05, 0) is 30.5 Å². The van der Waals surface area contributed by atoms with Gasteiger partial charge in [-0.2, -0.15) is 0 Å². The summed E-state index contributed by atoms with van der Waals surface area (Å²) in [7, 11) is 1.50. The fourth-order valence-electron chi connectivity index (χ4n) is 1.46. The number of amides is 1. The molecule has 17 heavy (non-hydrogen) atoms. The smallest absolute Gasteiger partial charge is 0.261 e. The van der Waals surface area contributed by atoms with Gasteiger partial charge in [-0.15, -0.1) is 0 Å². The highest BCUT2D eigenvalue weighted by atomic mass is 35.7. The molecule has 4 nitrogen and oxygen atoms in total. The van der Waals surface area contributed by atoms with Crippen LogP contribution in [0.3, 0.4) is 0 Å². The Hall–Kier alpha value is -1.07. The lowest BCUT2D eigenvalue weighted by molar-refractivity contribution is -0.120. The van der Waals surface area contributed by atoms with Crippen molar-refractivity contribution in [2.24, 2.45) is 0 Å². The van der Waals surface area contributed by atoms with Crippen molar-refractivity contribution in [1.29, 1.82) is 0 Å². The Morgan fingerprint density at radius 3 is 2.35 bits per heavy atom. The fraction of sp³-hybridized carbons (Fsp3) is 0.364. The molecular formula is C11H12ClNO3S. The maximum Gasteiger partial charge on any atom is 0.261 e. The number of halogens is 1. The minimum Gasteiger partial charge on any atom is -0.353 e. The number of rotatable bonds is 4. The summed E-state index contributed by atoms with van der Waals surface area (Å²) in [5, 5.41) is 2.86. The third-order valence-electron chi connectivity index (χ3n) is 2.51. The topological polar surface area (TPSA) is 63.2 Å². The van der Waals surface area contributed by atoms with E-state index in [9.17, 15) is 13.2 Å². The molecule has 0 unspecified atom stereocenters. The molecule has 1 N–H and O–H groups in total. The van der Waals surface area contributed by atoms with Crippen LogP contribution >= 0.6 is 10.7 Å². The fourth-order valence-corrected chi connectivity index (χ4v) is 2.23. The minimum absolute atomic E-state index is 0.0334. The zero-order chi connectivity index (χ0) is 12.5. The van der Waals surface area contributed by atoms with E-state index in [4.69, 9.17) is 10.7 Å². The van der Waals surface area contributed by atoms with Crippen molar-refractivity contribution in [3.05, 3.63) is 29.8 Å². The van der Waals surface area contributed by atoms with E-state index < -0.39 is 9.05 Å². The number of nitrogens with one attached hydrogen (secondary N) is 1. The summed E-state index contributed by atoms with van der Waals surface area (Å²) < 4.78 is 22.0. The molecule has 1 saturated carbocycles. The third-order valence-corrected chi connectivity index (χ3v) is 3.88. The molecule has 0 atom stereocenters. The maximum absolute atomic E-state index is 11.5. The van der Waals surface area contributed by atoms with E-state index in [0.29, 0.717) is 6.04 Å². The largest absolute Gasteiger partial charge is 0.353 e. The van der Waals surface area contributed by atoms with Crippen LogP contribution in [0.15, 0.2) is 29.2 Å². The van der Waals surface area contributed by atoms with Crippen LogP contribution in [0.25, 0.3) is 0 Å². The van der Waals surface area contributed by atoms with E-state index in [0.717, 1.165) is 18.4 Å². The lowest BCUT2D eigenvalue weighted by Gasteiger charge is -2.03. The number of hydrogen-bond acceptors (Lipinski definition) is 3. The van der Waals surface area contributed by atoms with E-state index in [2.05, 4.69) is 5.32 Å². The maximum atomic E-state index is 11.5. The first-order chi connectivity index (χ1) is 7.95. The zero-order valence-electron chi connectivity index (χ0n) is 9.02. The molecular weight excluding hydrogens is 262 g/mol. The molecule has 1 aromatic rings. The summed E-state index contributed by atoms with van der Waals surface area (Å²) in [6, 6.07) is 6.35. The highest BCUT2D eigenvalue weighted by molar-refractivity contribution is 8.13. The Balaban J connectivity index is 2.00. The van der Waals surface area contributed by atoms with Gasteiger partial charge < -0.3 is 5.32 Å². The molecule has 92 valence electrons. The van der Waals surface area contributed by atoms with E-state index >= 15 is 0 Å². The highest BCUT2D eigenvalue weighted by Gasteiger charge is 2.23. The molecule has 6 heteroatoms. The van der Waals surface area contributed by atoms with Crippen molar-refractivity contribution in [3.8, 4) is 0 Å². The molecule has 0 spiro atoms. The van der Waals surface area contributed by atoms with Crippen LogP contribution in [0.5, 0.6) is 0 Å². The molecule has 1 amide bonds. The lowest BCUT2D eigenvalue weighted by atomic mass is 10.1. The van der Waals surface area contributed by atoms with Gasteiger partial charge in [0.05, 0.1) is 11.3 Å². The molecule has 0 bridgehead atoms. The quantitative estimate of drug-likeness (QED) is 0.844. The summed E-state index contributed by atoms with van der Waals surface area (Å²) >= 11 is 0. The Bertz CT molecular complexity index is 520. The molecule has 1 aliphatic carbocycles. The molecule has 0 radical (unpaired) electrons. The zero-order valence-corrected chi connectivity index (χ0v) is 10.6. The van der Waals surface area contributed by atoms with Crippen LogP contribution in [-0.4, -0.2) is 20.4 Å². The average molecular weight is 274 g/mol. The Morgan fingerprint density at radius 1 is 1.29 bits per heavy atom. The van der Waals surface area contributed by atoms with Crippen LogP contribution in [0.1, 0.15) is 18.4 Å². The number of hydrogen-bond donors (Lipinski definition) is 1. The predicted molar refractivity (Wildman–Crippen MR) is 64.3 cm³/mol.